The van der Waals surface area contributed by atoms with Gasteiger partial charge in [0, 0.05) is 44.1 Å². The number of likely N-dealkylation sites (tertiary alicyclic amines) is 1. The fourth-order valence-electron chi connectivity index (χ4n) is 4.35. The first-order valence-electron chi connectivity index (χ1n) is 9.88. The Balaban J connectivity index is 1.35. The van der Waals surface area contributed by atoms with E-state index in [9.17, 15) is 0 Å². The molecule has 7 nitrogen and oxygen atoms in total. The third-order valence-corrected chi connectivity index (χ3v) is 5.99. The lowest BCUT2D eigenvalue weighted by Gasteiger charge is -2.38. The molecule has 4 heterocycles. The second-order valence-corrected chi connectivity index (χ2v) is 7.77. The molecule has 2 fully saturated rings. The Kier molecular flexibility index (Phi) is 5.15. The van der Waals surface area contributed by atoms with E-state index in [2.05, 4.69) is 54.8 Å². The molecule has 0 amide bonds. The lowest BCUT2D eigenvalue weighted by molar-refractivity contribution is 0.0938. The second-order valence-electron chi connectivity index (χ2n) is 7.77. The summed E-state index contributed by atoms with van der Waals surface area (Å²) in [4.78, 5) is 13.5. The van der Waals surface area contributed by atoms with E-state index in [4.69, 9.17) is 0 Å². The molecule has 2 aliphatic rings. The van der Waals surface area contributed by atoms with Crippen LogP contribution in [0.5, 0.6) is 0 Å². The third kappa shape index (κ3) is 3.72. The Hall–Kier alpha value is -2.02. The SMILES string of the molecule is C[C@@H]1CCC[C@H](C)N1Cc1cn(C2CCN(c3cnccn3)CC2)nn1. The zero-order valence-electron chi connectivity index (χ0n) is 15.8. The highest BCUT2D eigenvalue weighted by molar-refractivity contribution is 5.35. The molecule has 2 aromatic heterocycles. The summed E-state index contributed by atoms with van der Waals surface area (Å²) in [6.45, 7) is 7.56. The molecule has 0 aliphatic carbocycles. The highest BCUT2D eigenvalue weighted by atomic mass is 15.4. The first-order valence-corrected chi connectivity index (χ1v) is 9.88. The quantitative estimate of drug-likeness (QED) is 0.840. The van der Waals surface area contributed by atoms with Crippen LogP contribution in [0.15, 0.2) is 24.8 Å². The number of hydrogen-bond acceptors (Lipinski definition) is 6. The van der Waals surface area contributed by atoms with Gasteiger partial charge in [-0.2, -0.15) is 0 Å². The van der Waals surface area contributed by atoms with Gasteiger partial charge in [-0.15, -0.1) is 5.10 Å². The summed E-state index contributed by atoms with van der Waals surface area (Å²) in [6.07, 6.45) is 13.5. The monoisotopic (exact) mass is 355 g/mol. The number of rotatable bonds is 4. The zero-order valence-corrected chi connectivity index (χ0v) is 15.8. The summed E-state index contributed by atoms with van der Waals surface area (Å²) in [6, 6.07) is 1.71. The van der Waals surface area contributed by atoms with Crippen molar-refractivity contribution in [3.05, 3.63) is 30.5 Å². The number of piperidine rings is 2. The molecule has 2 atom stereocenters. The lowest BCUT2D eigenvalue weighted by Crippen LogP contribution is -2.43. The van der Waals surface area contributed by atoms with Crippen molar-refractivity contribution in [1.82, 2.24) is 29.9 Å². The van der Waals surface area contributed by atoms with Crippen LogP contribution in [-0.2, 0) is 6.54 Å². The van der Waals surface area contributed by atoms with Crippen molar-refractivity contribution >= 4 is 5.82 Å². The van der Waals surface area contributed by atoms with Crippen LogP contribution in [0.25, 0.3) is 0 Å². The minimum Gasteiger partial charge on any atom is -0.355 e. The Morgan fingerprint density at radius 1 is 1.04 bits per heavy atom. The van der Waals surface area contributed by atoms with E-state index in [-0.39, 0.29) is 0 Å². The molecule has 26 heavy (non-hydrogen) atoms. The summed E-state index contributed by atoms with van der Waals surface area (Å²) in [5, 5.41) is 8.91. The summed E-state index contributed by atoms with van der Waals surface area (Å²) < 4.78 is 2.09. The van der Waals surface area contributed by atoms with E-state index in [1.165, 1.54) is 19.3 Å². The average Bonchev–Trinajstić information content (AvgIpc) is 3.14. The van der Waals surface area contributed by atoms with Crippen LogP contribution >= 0.6 is 0 Å². The molecular formula is C19H29N7. The van der Waals surface area contributed by atoms with Crippen LogP contribution in [0, 0.1) is 0 Å². The van der Waals surface area contributed by atoms with Crippen molar-refractivity contribution in [2.75, 3.05) is 18.0 Å². The van der Waals surface area contributed by atoms with Gasteiger partial charge >= 0.3 is 0 Å². The summed E-state index contributed by atoms with van der Waals surface area (Å²) in [5.74, 6) is 0.971. The van der Waals surface area contributed by atoms with E-state index in [0.29, 0.717) is 18.1 Å². The van der Waals surface area contributed by atoms with Gasteiger partial charge in [-0.3, -0.25) is 9.88 Å². The van der Waals surface area contributed by atoms with E-state index >= 15 is 0 Å². The topological polar surface area (TPSA) is 63.0 Å². The van der Waals surface area contributed by atoms with E-state index in [0.717, 1.165) is 44.0 Å². The van der Waals surface area contributed by atoms with E-state index in [1.54, 1.807) is 12.4 Å². The van der Waals surface area contributed by atoms with Crippen LogP contribution < -0.4 is 4.90 Å². The van der Waals surface area contributed by atoms with Gasteiger partial charge in [0.15, 0.2) is 0 Å². The van der Waals surface area contributed by atoms with Crippen molar-refractivity contribution in [3.63, 3.8) is 0 Å². The van der Waals surface area contributed by atoms with Gasteiger partial charge in [0.25, 0.3) is 0 Å². The number of hydrogen-bond donors (Lipinski definition) is 0. The third-order valence-electron chi connectivity index (χ3n) is 5.99. The molecule has 0 radical (unpaired) electrons. The molecule has 0 unspecified atom stereocenters. The fraction of sp³-hybridized carbons (Fsp3) is 0.684. The number of aromatic nitrogens is 5. The van der Waals surface area contributed by atoms with Crippen LogP contribution in [0.3, 0.4) is 0 Å². The largest absolute Gasteiger partial charge is 0.355 e. The van der Waals surface area contributed by atoms with Crippen molar-refractivity contribution in [1.29, 1.82) is 0 Å². The standard InChI is InChI=1S/C19H29N7/c1-15-4-3-5-16(2)25(15)13-17-14-26(23-22-17)18-6-10-24(11-7-18)19-12-20-8-9-21-19/h8-9,12,14-16,18H,3-7,10-11,13H2,1-2H3/t15-,16+. The summed E-state index contributed by atoms with van der Waals surface area (Å²) in [7, 11) is 0. The second kappa shape index (κ2) is 7.70. The highest BCUT2D eigenvalue weighted by Gasteiger charge is 2.26. The molecule has 2 saturated heterocycles. The molecule has 2 aromatic rings. The predicted molar refractivity (Wildman–Crippen MR) is 101 cm³/mol. The van der Waals surface area contributed by atoms with Gasteiger partial charge in [-0.25, -0.2) is 9.67 Å². The first kappa shape index (κ1) is 17.4. The Labute approximate surface area is 155 Å². The fourth-order valence-corrected chi connectivity index (χ4v) is 4.35. The van der Waals surface area contributed by atoms with Gasteiger partial charge in [0.2, 0.25) is 0 Å². The van der Waals surface area contributed by atoms with Gasteiger partial charge in [0.05, 0.1) is 24.1 Å². The van der Waals surface area contributed by atoms with E-state index < -0.39 is 0 Å². The van der Waals surface area contributed by atoms with Gasteiger partial charge in [-0.1, -0.05) is 11.6 Å². The lowest BCUT2D eigenvalue weighted by atomic mass is 9.97. The van der Waals surface area contributed by atoms with Crippen molar-refractivity contribution in [2.45, 2.75) is 70.6 Å². The maximum Gasteiger partial charge on any atom is 0.147 e. The van der Waals surface area contributed by atoms with Crippen LogP contribution in [0.2, 0.25) is 0 Å². The number of anilines is 1. The number of nitrogens with zero attached hydrogens (tertiary/aromatic N) is 7. The first-order chi connectivity index (χ1) is 12.7. The average molecular weight is 355 g/mol. The molecule has 0 N–H and O–H groups in total. The predicted octanol–water partition coefficient (Wildman–Crippen LogP) is 2.67. The van der Waals surface area contributed by atoms with Crippen molar-refractivity contribution in [2.24, 2.45) is 0 Å². The maximum absolute atomic E-state index is 4.47. The van der Waals surface area contributed by atoms with Crippen molar-refractivity contribution < 1.29 is 0 Å². The van der Waals surface area contributed by atoms with Gasteiger partial charge < -0.3 is 4.90 Å². The summed E-state index contributed by atoms with van der Waals surface area (Å²) >= 11 is 0. The van der Waals surface area contributed by atoms with Gasteiger partial charge in [-0.05, 0) is 39.5 Å². The Morgan fingerprint density at radius 3 is 2.50 bits per heavy atom. The Bertz CT molecular complexity index is 683. The molecule has 0 saturated carbocycles. The highest BCUT2D eigenvalue weighted by Crippen LogP contribution is 2.26. The van der Waals surface area contributed by atoms with Crippen LogP contribution in [-0.4, -0.2) is 55.0 Å². The summed E-state index contributed by atoms with van der Waals surface area (Å²) in [5.41, 5.74) is 1.10. The van der Waals surface area contributed by atoms with Crippen LogP contribution in [0.1, 0.15) is 57.7 Å². The van der Waals surface area contributed by atoms with Gasteiger partial charge in [0.1, 0.15) is 5.82 Å². The smallest absolute Gasteiger partial charge is 0.147 e. The minimum absolute atomic E-state index is 0.431. The molecular weight excluding hydrogens is 326 g/mol. The normalized spacial score (nSPS) is 25.5. The molecule has 0 bridgehead atoms. The molecule has 7 heteroatoms. The molecule has 2 aliphatic heterocycles. The minimum atomic E-state index is 0.431. The van der Waals surface area contributed by atoms with E-state index in [1.807, 2.05) is 6.20 Å². The molecule has 4 rings (SSSR count). The molecule has 140 valence electrons. The Morgan fingerprint density at radius 2 is 1.81 bits per heavy atom. The maximum atomic E-state index is 4.47. The van der Waals surface area contributed by atoms with Crippen molar-refractivity contribution in [3.8, 4) is 0 Å². The molecule has 0 aromatic carbocycles. The van der Waals surface area contributed by atoms with Crippen LogP contribution in [0.4, 0.5) is 5.82 Å². The molecule has 0 spiro atoms. The zero-order chi connectivity index (χ0) is 17.9.